The maximum absolute atomic E-state index is 11.9. The highest BCUT2D eigenvalue weighted by Gasteiger charge is 2.30. The van der Waals surface area contributed by atoms with Crippen LogP contribution in [-0.4, -0.2) is 13.0 Å². The minimum absolute atomic E-state index is 0.0667. The number of halogens is 3. The lowest BCUT2D eigenvalue weighted by Crippen LogP contribution is -2.09. The first-order valence-corrected chi connectivity index (χ1v) is 3.07. The summed E-state index contributed by atoms with van der Waals surface area (Å²) in [7, 11) is 5.11. The Morgan fingerprint density at radius 2 is 1.83 bits per heavy atom. The van der Waals surface area contributed by atoms with E-state index in [-0.39, 0.29) is 5.46 Å². The minimum Gasteiger partial charge on any atom is -0.509 e. The Morgan fingerprint density at radius 1 is 1.25 bits per heavy atom. The van der Waals surface area contributed by atoms with E-state index < -0.39 is 17.5 Å². The molecule has 1 nitrogen and oxygen atoms in total. The van der Waals surface area contributed by atoms with Gasteiger partial charge in [0.25, 0.3) is 0 Å². The standard InChI is InChI=1S/C7H4BF3O/c8-5-2-1-4(3-6(5)12)7(9,10)11/h1-3,12H. The van der Waals surface area contributed by atoms with Crippen molar-refractivity contribution in [1.29, 1.82) is 0 Å². The van der Waals surface area contributed by atoms with Crippen molar-refractivity contribution in [2.24, 2.45) is 0 Å². The molecule has 1 rings (SSSR count). The van der Waals surface area contributed by atoms with Crippen molar-refractivity contribution in [2.75, 3.05) is 0 Å². The fourth-order valence-corrected chi connectivity index (χ4v) is 0.720. The average Bonchev–Trinajstić information content (AvgIpc) is 1.92. The molecule has 0 bridgehead atoms. The Hall–Kier alpha value is -1.13. The second-order valence-corrected chi connectivity index (χ2v) is 2.27. The number of hydrogen-bond acceptors (Lipinski definition) is 1. The van der Waals surface area contributed by atoms with Crippen LogP contribution in [0.2, 0.25) is 0 Å². The molecule has 1 aromatic carbocycles. The van der Waals surface area contributed by atoms with Crippen LogP contribution in [-0.2, 0) is 6.18 Å². The molecule has 0 aliphatic rings. The van der Waals surface area contributed by atoms with Gasteiger partial charge in [0.2, 0.25) is 0 Å². The SMILES string of the molecule is [B]c1ccc(C(F)(F)F)cc1O. The topological polar surface area (TPSA) is 20.2 Å². The van der Waals surface area contributed by atoms with Crippen LogP contribution in [0.1, 0.15) is 5.56 Å². The molecule has 0 aromatic heterocycles. The molecular formula is C7H4BF3O. The number of hydrogen-bond donors (Lipinski definition) is 1. The van der Waals surface area contributed by atoms with E-state index in [2.05, 4.69) is 0 Å². The predicted octanol–water partition coefficient (Wildman–Crippen LogP) is 1.20. The van der Waals surface area contributed by atoms with Crippen LogP contribution in [0.5, 0.6) is 5.75 Å². The molecule has 0 fully saturated rings. The lowest BCUT2D eigenvalue weighted by Gasteiger charge is -2.07. The molecule has 0 saturated heterocycles. The number of aromatic hydroxyl groups is 1. The number of rotatable bonds is 0. The van der Waals surface area contributed by atoms with Crippen molar-refractivity contribution >= 4 is 13.3 Å². The summed E-state index contributed by atoms with van der Waals surface area (Å²) in [6.45, 7) is 0. The van der Waals surface area contributed by atoms with Crippen molar-refractivity contribution in [3.8, 4) is 5.75 Å². The average molecular weight is 172 g/mol. The summed E-state index contributed by atoms with van der Waals surface area (Å²) in [5.74, 6) is -0.551. The summed E-state index contributed by atoms with van der Waals surface area (Å²) < 4.78 is 35.8. The van der Waals surface area contributed by atoms with Crippen molar-refractivity contribution < 1.29 is 18.3 Å². The third-order valence-electron chi connectivity index (χ3n) is 1.36. The summed E-state index contributed by atoms with van der Waals surface area (Å²) in [5, 5.41) is 8.84. The van der Waals surface area contributed by atoms with E-state index in [1.165, 1.54) is 0 Å². The van der Waals surface area contributed by atoms with E-state index in [4.69, 9.17) is 13.0 Å². The molecule has 0 saturated carbocycles. The van der Waals surface area contributed by atoms with Gasteiger partial charge in [-0.2, -0.15) is 13.2 Å². The van der Waals surface area contributed by atoms with Gasteiger partial charge < -0.3 is 5.11 Å². The van der Waals surface area contributed by atoms with Crippen LogP contribution in [0.4, 0.5) is 13.2 Å². The molecule has 5 heteroatoms. The Labute approximate surface area is 68.2 Å². The van der Waals surface area contributed by atoms with E-state index in [0.717, 1.165) is 12.1 Å². The van der Waals surface area contributed by atoms with Crippen LogP contribution >= 0.6 is 0 Å². The number of alkyl halides is 3. The van der Waals surface area contributed by atoms with E-state index in [9.17, 15) is 13.2 Å². The molecule has 0 spiro atoms. The summed E-state index contributed by atoms with van der Waals surface area (Å²) in [6, 6.07) is 2.42. The molecule has 0 heterocycles. The molecule has 62 valence electrons. The van der Waals surface area contributed by atoms with Gasteiger partial charge in [0.15, 0.2) is 0 Å². The molecule has 0 aliphatic carbocycles. The first-order valence-electron chi connectivity index (χ1n) is 3.07. The van der Waals surface area contributed by atoms with E-state index in [1.54, 1.807) is 0 Å². The normalized spacial score (nSPS) is 11.6. The number of phenolic OH excluding ortho intramolecular Hbond substituents is 1. The molecule has 12 heavy (non-hydrogen) atoms. The van der Waals surface area contributed by atoms with Crippen molar-refractivity contribution in [2.45, 2.75) is 6.18 Å². The van der Waals surface area contributed by atoms with Crippen molar-refractivity contribution in [3.63, 3.8) is 0 Å². The second kappa shape index (κ2) is 2.73. The van der Waals surface area contributed by atoms with Crippen LogP contribution in [0.25, 0.3) is 0 Å². The summed E-state index contributed by atoms with van der Waals surface area (Å²) in [4.78, 5) is 0. The molecule has 0 atom stereocenters. The highest BCUT2D eigenvalue weighted by Crippen LogP contribution is 2.30. The lowest BCUT2D eigenvalue weighted by molar-refractivity contribution is -0.137. The van der Waals surface area contributed by atoms with Gasteiger partial charge in [0.05, 0.1) is 5.56 Å². The molecule has 0 unspecified atom stereocenters. The summed E-state index contributed by atoms with van der Waals surface area (Å²) >= 11 is 0. The van der Waals surface area contributed by atoms with Gasteiger partial charge in [-0.05, 0) is 6.07 Å². The minimum atomic E-state index is -4.44. The molecule has 0 amide bonds. The first kappa shape index (κ1) is 8.97. The van der Waals surface area contributed by atoms with Gasteiger partial charge >= 0.3 is 6.18 Å². The zero-order chi connectivity index (χ0) is 9.35. The molecule has 1 N–H and O–H groups in total. The van der Waals surface area contributed by atoms with Gasteiger partial charge in [0.1, 0.15) is 13.6 Å². The smallest absolute Gasteiger partial charge is 0.416 e. The quantitative estimate of drug-likeness (QED) is 0.583. The van der Waals surface area contributed by atoms with Crippen LogP contribution in [0, 0.1) is 0 Å². The lowest BCUT2D eigenvalue weighted by atomic mass is 9.94. The second-order valence-electron chi connectivity index (χ2n) is 2.27. The first-order chi connectivity index (χ1) is 5.41. The summed E-state index contributed by atoms with van der Waals surface area (Å²) in [6.07, 6.45) is -4.44. The van der Waals surface area contributed by atoms with E-state index in [0.29, 0.717) is 6.07 Å². The highest BCUT2D eigenvalue weighted by molar-refractivity contribution is 6.34. The molecular weight excluding hydrogens is 168 g/mol. The third kappa shape index (κ3) is 1.72. The summed E-state index contributed by atoms with van der Waals surface area (Å²) in [5.41, 5.74) is -0.975. The Morgan fingerprint density at radius 3 is 2.25 bits per heavy atom. The monoisotopic (exact) mass is 172 g/mol. The zero-order valence-electron chi connectivity index (χ0n) is 5.89. The third-order valence-corrected chi connectivity index (χ3v) is 1.36. The van der Waals surface area contributed by atoms with Crippen LogP contribution in [0.15, 0.2) is 18.2 Å². The van der Waals surface area contributed by atoms with Crippen LogP contribution in [0.3, 0.4) is 0 Å². The van der Waals surface area contributed by atoms with Gasteiger partial charge in [-0.3, -0.25) is 0 Å². The number of benzene rings is 1. The van der Waals surface area contributed by atoms with E-state index >= 15 is 0 Å². The molecule has 2 radical (unpaired) electrons. The van der Waals surface area contributed by atoms with Gasteiger partial charge in [-0.25, -0.2) is 0 Å². The Balaban J connectivity index is 3.14. The molecule has 0 aliphatic heterocycles. The fraction of sp³-hybridized carbons (Fsp3) is 0.143. The highest BCUT2D eigenvalue weighted by atomic mass is 19.4. The number of phenols is 1. The van der Waals surface area contributed by atoms with Gasteiger partial charge in [-0.15, -0.1) is 0 Å². The predicted molar refractivity (Wildman–Crippen MR) is 38.5 cm³/mol. The molecule has 1 aromatic rings. The van der Waals surface area contributed by atoms with Gasteiger partial charge in [-0.1, -0.05) is 17.6 Å². The fourth-order valence-electron chi connectivity index (χ4n) is 0.720. The maximum atomic E-state index is 11.9. The maximum Gasteiger partial charge on any atom is 0.416 e. The zero-order valence-corrected chi connectivity index (χ0v) is 5.89. The Bertz CT molecular complexity index is 295. The largest absolute Gasteiger partial charge is 0.509 e. The van der Waals surface area contributed by atoms with Crippen molar-refractivity contribution in [1.82, 2.24) is 0 Å². The van der Waals surface area contributed by atoms with Crippen LogP contribution < -0.4 is 5.46 Å². The Kier molecular flexibility index (Phi) is 2.04. The van der Waals surface area contributed by atoms with E-state index in [1.807, 2.05) is 0 Å². The van der Waals surface area contributed by atoms with Gasteiger partial charge in [0, 0.05) is 0 Å². The van der Waals surface area contributed by atoms with Crippen molar-refractivity contribution in [3.05, 3.63) is 23.8 Å².